The summed E-state index contributed by atoms with van der Waals surface area (Å²) in [6.45, 7) is 16.0. The molecule has 2 aliphatic carbocycles. The van der Waals surface area contributed by atoms with Gasteiger partial charge in [-0.2, -0.15) is 0 Å². The summed E-state index contributed by atoms with van der Waals surface area (Å²) in [7, 11) is -1.76. The Bertz CT molecular complexity index is 1290. The number of rotatable bonds is 5. The van der Waals surface area contributed by atoms with Gasteiger partial charge >= 0.3 is 190 Å². The number of halogens is 2. The van der Waals surface area contributed by atoms with E-state index >= 15 is 0 Å². The molecule has 2 aliphatic rings. The fourth-order valence-corrected chi connectivity index (χ4v) is 6.21. The monoisotopic (exact) mass is 547 g/mol. The van der Waals surface area contributed by atoms with Gasteiger partial charge in [-0.25, -0.2) is 0 Å². The standard InChI is InChI=1S/C25H27O2Si.2ClH.Zr/c1-7-26-25-17(3)16(2)22(18-11-8-9-12-18)20-15-19-13-10-14-21(23(19)24(20)25)27-28(4,5)6;;;/h8-11,13-14H,2,7,12H2,1,3-6H3;2*1H;/q;;;+2/p-2. The van der Waals surface area contributed by atoms with Crippen molar-refractivity contribution in [1.82, 2.24) is 0 Å². The summed E-state index contributed by atoms with van der Waals surface area (Å²) in [6.07, 6.45) is 7.56. The van der Waals surface area contributed by atoms with Crippen molar-refractivity contribution < 1.29 is 58.7 Å². The topological polar surface area (TPSA) is 18.5 Å². The van der Waals surface area contributed by atoms with Gasteiger partial charge in [-0.15, -0.1) is 0 Å². The number of allylic oxidation sites excluding steroid dienone is 4. The van der Waals surface area contributed by atoms with Crippen LogP contribution in [-0.4, -0.2) is 14.9 Å². The van der Waals surface area contributed by atoms with Gasteiger partial charge in [0.1, 0.15) is 0 Å². The second-order valence-corrected chi connectivity index (χ2v) is 14.2. The van der Waals surface area contributed by atoms with E-state index in [1.165, 1.54) is 60.4 Å². The summed E-state index contributed by atoms with van der Waals surface area (Å²) < 4.78 is 14.2. The number of fused-ring (bicyclic) bond motifs is 2. The summed E-state index contributed by atoms with van der Waals surface area (Å²) in [5, 5.41) is 4.78. The normalized spacial score (nSPS) is 13.8. The van der Waals surface area contributed by atoms with Gasteiger partial charge in [0.05, 0.1) is 0 Å². The first-order chi connectivity index (χ1) is 13.7. The summed E-state index contributed by atoms with van der Waals surface area (Å²) in [5.74, 6) is 1.95. The SMILES string of the molecule is C=c1c(C)c(OCC)c2c(c1C1=CC=CC1)[C]([Zr+2])=c1cccc(O[Si](C)(C)C)c1=2.[Cl-].[Cl-]. The molecule has 0 atom stereocenters. The van der Waals surface area contributed by atoms with E-state index in [0.717, 1.165) is 28.7 Å². The molecule has 0 spiro atoms. The molecular weight excluding hydrogens is 522 g/mol. The van der Waals surface area contributed by atoms with Crippen LogP contribution in [0, 0.1) is 17.4 Å². The van der Waals surface area contributed by atoms with E-state index in [2.05, 4.69) is 76.5 Å². The van der Waals surface area contributed by atoms with E-state index in [-0.39, 0.29) is 24.8 Å². The Kier molecular flexibility index (Phi) is 8.31. The molecule has 2 aromatic rings. The van der Waals surface area contributed by atoms with Crippen molar-refractivity contribution in [3.8, 4) is 11.5 Å². The van der Waals surface area contributed by atoms with Gasteiger partial charge in [0, 0.05) is 0 Å². The van der Waals surface area contributed by atoms with Gasteiger partial charge in [-0.05, 0) is 0 Å². The van der Waals surface area contributed by atoms with E-state index in [1.807, 2.05) is 0 Å². The molecule has 2 aromatic carbocycles. The van der Waals surface area contributed by atoms with Crippen LogP contribution < -0.4 is 44.4 Å². The second kappa shape index (κ2) is 9.83. The van der Waals surface area contributed by atoms with Crippen LogP contribution in [0.25, 0.3) is 15.4 Å². The van der Waals surface area contributed by atoms with Gasteiger partial charge in [-0.1, -0.05) is 0 Å². The third kappa shape index (κ3) is 4.55. The van der Waals surface area contributed by atoms with Crippen molar-refractivity contribution in [1.29, 1.82) is 0 Å². The van der Waals surface area contributed by atoms with Crippen LogP contribution in [0.3, 0.4) is 0 Å². The third-order valence-electron chi connectivity index (χ3n) is 5.41. The molecule has 161 valence electrons. The molecule has 0 aromatic heterocycles. The van der Waals surface area contributed by atoms with Gasteiger partial charge in [0.25, 0.3) is 0 Å². The first-order valence-electron chi connectivity index (χ1n) is 10.2. The number of hydrogen-bond acceptors (Lipinski definition) is 2. The molecule has 0 saturated carbocycles. The van der Waals surface area contributed by atoms with Crippen molar-refractivity contribution in [2.45, 2.75) is 39.9 Å². The fourth-order valence-electron chi connectivity index (χ4n) is 4.25. The number of hydrogen-bond donors (Lipinski definition) is 0. The Hall–Kier alpha value is -1.06. The van der Waals surface area contributed by atoms with Crippen molar-refractivity contribution in [3.05, 3.63) is 74.0 Å². The zero-order valence-corrected chi connectivity index (χ0v) is 23.6. The van der Waals surface area contributed by atoms with Crippen LogP contribution >= 0.6 is 0 Å². The summed E-state index contributed by atoms with van der Waals surface area (Å²) in [5.41, 5.74) is 5.07. The maximum Gasteiger partial charge on any atom is -1.00 e. The van der Waals surface area contributed by atoms with Crippen LogP contribution in [0.2, 0.25) is 19.6 Å². The maximum atomic E-state index is 6.56. The average molecular weight is 550 g/mol. The van der Waals surface area contributed by atoms with Crippen LogP contribution in [-0.2, 0) is 24.7 Å². The van der Waals surface area contributed by atoms with E-state index in [9.17, 15) is 0 Å². The van der Waals surface area contributed by atoms with Crippen molar-refractivity contribution in [2.24, 2.45) is 0 Å². The Labute approximate surface area is 213 Å². The first kappa shape index (κ1) is 26.2. The molecule has 6 heteroatoms. The minimum atomic E-state index is -1.76. The molecule has 0 heterocycles. The van der Waals surface area contributed by atoms with E-state index in [4.69, 9.17) is 9.16 Å². The largest absolute Gasteiger partial charge is 1.00 e. The first-order valence-corrected chi connectivity index (χ1v) is 14.8. The second-order valence-electron chi connectivity index (χ2n) is 8.58. The molecule has 0 aliphatic heterocycles. The molecular formula is C25H27Cl2O2SiZr. The van der Waals surface area contributed by atoms with Gasteiger partial charge in [0.15, 0.2) is 0 Å². The molecule has 0 fully saturated rings. The fraction of sp³-hybridized carbons (Fsp3) is 0.280. The van der Waals surface area contributed by atoms with Crippen molar-refractivity contribution in [3.63, 3.8) is 0 Å². The van der Waals surface area contributed by atoms with E-state index in [1.54, 1.807) is 0 Å². The molecule has 0 bridgehead atoms. The smallest absolute Gasteiger partial charge is 1.00 e. The van der Waals surface area contributed by atoms with Gasteiger partial charge in [0.2, 0.25) is 0 Å². The molecule has 0 N–H and O–H groups in total. The van der Waals surface area contributed by atoms with Crippen molar-refractivity contribution >= 4 is 23.8 Å². The maximum absolute atomic E-state index is 6.56. The Morgan fingerprint density at radius 3 is 2.39 bits per heavy atom. The predicted molar refractivity (Wildman–Crippen MR) is 119 cm³/mol. The minimum absolute atomic E-state index is 0. The molecule has 31 heavy (non-hydrogen) atoms. The number of benzene rings is 2. The Balaban J connectivity index is 0.00000171. The summed E-state index contributed by atoms with van der Waals surface area (Å²) >= 11 is 1.40. The molecule has 4 rings (SSSR count). The van der Waals surface area contributed by atoms with E-state index < -0.39 is 8.32 Å². The third-order valence-corrected chi connectivity index (χ3v) is 7.52. The average Bonchev–Trinajstić information content (AvgIpc) is 3.27. The molecule has 0 unspecified atom stereocenters. The van der Waals surface area contributed by atoms with E-state index in [0.29, 0.717) is 6.61 Å². The minimum Gasteiger partial charge on any atom is -1.00 e. The molecule has 0 amide bonds. The number of ether oxygens (including phenoxy) is 1. The van der Waals surface area contributed by atoms with Gasteiger partial charge < -0.3 is 24.8 Å². The zero-order valence-electron chi connectivity index (χ0n) is 18.7. The molecule has 0 saturated heterocycles. The quantitative estimate of drug-likeness (QED) is 0.431. The summed E-state index contributed by atoms with van der Waals surface area (Å²) in [4.78, 5) is 0. The van der Waals surface area contributed by atoms with Crippen LogP contribution in [0.1, 0.15) is 30.0 Å². The Morgan fingerprint density at radius 2 is 1.81 bits per heavy atom. The van der Waals surface area contributed by atoms with Crippen LogP contribution in [0.15, 0.2) is 36.4 Å². The van der Waals surface area contributed by atoms with Crippen LogP contribution in [0.4, 0.5) is 0 Å². The zero-order chi connectivity index (χ0) is 20.9. The van der Waals surface area contributed by atoms with Gasteiger partial charge in [-0.3, -0.25) is 0 Å². The molecule has 0 radical (unpaired) electrons. The predicted octanol–water partition coefficient (Wildman–Crippen LogP) is -1.33. The van der Waals surface area contributed by atoms with Crippen molar-refractivity contribution in [2.75, 3.05) is 6.61 Å². The Morgan fingerprint density at radius 1 is 1.10 bits per heavy atom. The molecule has 2 nitrogen and oxygen atoms in total. The van der Waals surface area contributed by atoms with Crippen LogP contribution in [0.5, 0.6) is 11.5 Å². The summed E-state index contributed by atoms with van der Waals surface area (Å²) in [6, 6.07) is 6.47.